The molecule has 3 aromatic carbocycles. The molecule has 0 radical (unpaired) electrons. The van der Waals surface area contributed by atoms with Gasteiger partial charge in [0.25, 0.3) is 0 Å². The minimum atomic E-state index is -0.226. The van der Waals surface area contributed by atoms with Crippen molar-refractivity contribution in [3.63, 3.8) is 0 Å². The van der Waals surface area contributed by atoms with E-state index < -0.39 is 0 Å². The molecule has 0 aromatic heterocycles. The topological polar surface area (TPSA) is 79.8 Å². The maximum Gasteiger partial charge on any atom is 0.244 e. The van der Waals surface area contributed by atoms with Gasteiger partial charge in [-0.1, -0.05) is 42.5 Å². The van der Waals surface area contributed by atoms with E-state index in [9.17, 15) is 9.59 Å². The Morgan fingerprint density at radius 2 is 1.66 bits per heavy atom. The van der Waals surface area contributed by atoms with Crippen LogP contribution in [-0.2, 0) is 16.0 Å². The summed E-state index contributed by atoms with van der Waals surface area (Å²) in [7, 11) is 1.59. The first-order valence-electron chi connectivity index (χ1n) is 9.27. The zero-order valence-electron chi connectivity index (χ0n) is 16.4. The van der Waals surface area contributed by atoms with E-state index in [0.717, 1.165) is 22.1 Å². The van der Waals surface area contributed by atoms with E-state index in [1.165, 1.54) is 0 Å². The van der Waals surface area contributed by atoms with E-state index in [-0.39, 0.29) is 24.7 Å². The second kappa shape index (κ2) is 9.50. The van der Waals surface area contributed by atoms with Gasteiger partial charge in [0.2, 0.25) is 11.8 Å². The molecule has 29 heavy (non-hydrogen) atoms. The summed E-state index contributed by atoms with van der Waals surface area (Å²) in [5, 5.41) is 8.97. The third kappa shape index (κ3) is 5.65. The predicted octanol–water partition coefficient (Wildman–Crippen LogP) is 3.91. The molecular formula is C23H23N3O3. The van der Waals surface area contributed by atoms with Gasteiger partial charge in [-0.15, -0.1) is 0 Å². The van der Waals surface area contributed by atoms with Crippen LogP contribution in [0.5, 0.6) is 5.75 Å². The van der Waals surface area contributed by atoms with Gasteiger partial charge >= 0.3 is 0 Å². The van der Waals surface area contributed by atoms with Crippen LogP contribution < -0.4 is 15.5 Å². The first kappa shape index (κ1) is 20.1. The average Bonchev–Trinajstić information content (AvgIpc) is 2.73. The van der Waals surface area contributed by atoms with Gasteiger partial charge in [-0.05, 0) is 47.5 Å². The van der Waals surface area contributed by atoms with Crippen LogP contribution >= 0.6 is 0 Å². The number of rotatable bonds is 7. The number of benzene rings is 3. The number of anilines is 1. The molecule has 0 fully saturated rings. The van der Waals surface area contributed by atoms with E-state index in [2.05, 4.69) is 15.8 Å². The van der Waals surface area contributed by atoms with Crippen molar-refractivity contribution in [2.24, 2.45) is 5.10 Å². The Kier molecular flexibility index (Phi) is 6.58. The standard InChI is InChI=1S/C23H23N3O3/c1-16(14-22(27)24-19-10-12-20(29-2)13-11-19)25-26-23(28)15-18-8-5-7-17-6-3-4-9-21(17)18/h3-13H,14-15H2,1-2H3,(H,24,27)(H,26,28). The Balaban J connectivity index is 1.53. The molecule has 0 aliphatic rings. The zero-order chi connectivity index (χ0) is 20.6. The monoisotopic (exact) mass is 389 g/mol. The molecule has 3 aromatic rings. The van der Waals surface area contributed by atoms with Crippen LogP contribution in [0.3, 0.4) is 0 Å². The SMILES string of the molecule is COc1ccc(NC(=O)CC(C)=NNC(=O)Cc2cccc3ccccc23)cc1. The van der Waals surface area contributed by atoms with Gasteiger partial charge in [0, 0.05) is 11.4 Å². The first-order valence-corrected chi connectivity index (χ1v) is 9.27. The van der Waals surface area contributed by atoms with Gasteiger partial charge in [0.15, 0.2) is 0 Å². The lowest BCUT2D eigenvalue weighted by molar-refractivity contribution is -0.120. The van der Waals surface area contributed by atoms with E-state index >= 15 is 0 Å². The Morgan fingerprint density at radius 3 is 2.41 bits per heavy atom. The Bertz CT molecular complexity index is 1040. The smallest absolute Gasteiger partial charge is 0.244 e. The van der Waals surface area contributed by atoms with Crippen molar-refractivity contribution in [2.45, 2.75) is 19.8 Å². The maximum absolute atomic E-state index is 12.3. The molecule has 0 unspecified atom stereocenters. The van der Waals surface area contributed by atoms with Crippen molar-refractivity contribution in [1.29, 1.82) is 0 Å². The Hall–Kier alpha value is -3.67. The highest BCUT2D eigenvalue weighted by atomic mass is 16.5. The summed E-state index contributed by atoms with van der Waals surface area (Å²) < 4.78 is 5.09. The summed E-state index contributed by atoms with van der Waals surface area (Å²) in [6.07, 6.45) is 0.302. The summed E-state index contributed by atoms with van der Waals surface area (Å²) in [6.45, 7) is 1.70. The number of methoxy groups -OCH3 is 1. The summed E-state index contributed by atoms with van der Waals surface area (Å²) in [5.41, 5.74) is 4.65. The molecule has 148 valence electrons. The van der Waals surface area contributed by atoms with E-state index in [1.54, 1.807) is 38.3 Å². The fourth-order valence-electron chi connectivity index (χ4n) is 2.97. The molecule has 0 aliphatic carbocycles. The van der Waals surface area contributed by atoms with Crippen LogP contribution in [0.2, 0.25) is 0 Å². The largest absolute Gasteiger partial charge is 0.497 e. The molecule has 3 rings (SSSR count). The third-order valence-corrected chi connectivity index (χ3v) is 4.39. The number of nitrogens with one attached hydrogen (secondary N) is 2. The number of amides is 2. The summed E-state index contributed by atoms with van der Waals surface area (Å²) in [6, 6.07) is 20.9. The average molecular weight is 389 g/mol. The van der Waals surface area contributed by atoms with Crippen LogP contribution in [0.1, 0.15) is 18.9 Å². The summed E-state index contributed by atoms with van der Waals surface area (Å²) >= 11 is 0. The third-order valence-electron chi connectivity index (χ3n) is 4.39. The van der Waals surface area contributed by atoms with Gasteiger partial charge in [0.1, 0.15) is 5.75 Å². The van der Waals surface area contributed by atoms with Crippen LogP contribution in [0, 0.1) is 0 Å². The lowest BCUT2D eigenvalue weighted by atomic mass is 10.0. The van der Waals surface area contributed by atoms with Crippen LogP contribution in [-0.4, -0.2) is 24.6 Å². The number of ether oxygens (including phenoxy) is 1. The highest BCUT2D eigenvalue weighted by molar-refractivity contribution is 6.05. The predicted molar refractivity (Wildman–Crippen MR) is 115 cm³/mol. The Morgan fingerprint density at radius 1 is 0.931 bits per heavy atom. The number of hydrogen-bond donors (Lipinski definition) is 2. The molecule has 0 spiro atoms. The maximum atomic E-state index is 12.3. The van der Waals surface area contributed by atoms with Crippen molar-refractivity contribution in [1.82, 2.24) is 5.43 Å². The first-order chi connectivity index (χ1) is 14.0. The van der Waals surface area contributed by atoms with E-state index in [1.807, 2.05) is 42.5 Å². The molecule has 2 amide bonds. The molecule has 6 heteroatoms. The molecule has 2 N–H and O–H groups in total. The van der Waals surface area contributed by atoms with Gasteiger partial charge in [-0.3, -0.25) is 9.59 Å². The van der Waals surface area contributed by atoms with Crippen LogP contribution in [0.15, 0.2) is 71.8 Å². The molecule has 0 saturated heterocycles. The fraction of sp³-hybridized carbons (Fsp3) is 0.174. The molecule has 0 heterocycles. The quantitative estimate of drug-likeness (QED) is 0.475. The van der Waals surface area contributed by atoms with Crippen molar-refractivity contribution in [2.75, 3.05) is 12.4 Å². The molecule has 0 saturated carbocycles. The van der Waals surface area contributed by atoms with Crippen molar-refractivity contribution in [3.05, 3.63) is 72.3 Å². The van der Waals surface area contributed by atoms with Crippen molar-refractivity contribution < 1.29 is 14.3 Å². The van der Waals surface area contributed by atoms with Crippen molar-refractivity contribution in [3.8, 4) is 5.75 Å². The second-order valence-corrected chi connectivity index (χ2v) is 6.65. The fourth-order valence-corrected chi connectivity index (χ4v) is 2.97. The summed E-state index contributed by atoms with van der Waals surface area (Å²) in [4.78, 5) is 24.4. The van der Waals surface area contributed by atoms with Gasteiger partial charge in [0.05, 0.1) is 20.0 Å². The number of hydrogen-bond acceptors (Lipinski definition) is 4. The van der Waals surface area contributed by atoms with E-state index in [4.69, 9.17) is 4.74 Å². The normalized spacial score (nSPS) is 11.2. The minimum absolute atomic E-state index is 0.0839. The number of fused-ring (bicyclic) bond motifs is 1. The van der Waals surface area contributed by atoms with E-state index in [0.29, 0.717) is 11.4 Å². The highest BCUT2D eigenvalue weighted by Gasteiger charge is 2.08. The highest BCUT2D eigenvalue weighted by Crippen LogP contribution is 2.19. The molecule has 6 nitrogen and oxygen atoms in total. The van der Waals surface area contributed by atoms with Crippen molar-refractivity contribution >= 4 is 34.0 Å². The lowest BCUT2D eigenvalue weighted by Gasteiger charge is -2.07. The Labute approximate surface area is 169 Å². The molecule has 0 atom stereocenters. The van der Waals surface area contributed by atoms with Gasteiger partial charge in [-0.25, -0.2) is 5.43 Å². The van der Waals surface area contributed by atoms with Crippen LogP contribution in [0.25, 0.3) is 10.8 Å². The zero-order valence-corrected chi connectivity index (χ0v) is 16.4. The van der Waals surface area contributed by atoms with Gasteiger partial charge in [-0.2, -0.15) is 5.10 Å². The number of carbonyl (C=O) groups is 2. The second-order valence-electron chi connectivity index (χ2n) is 6.65. The van der Waals surface area contributed by atoms with Gasteiger partial charge < -0.3 is 10.1 Å². The molecule has 0 bridgehead atoms. The molecule has 0 aliphatic heterocycles. The summed E-state index contributed by atoms with van der Waals surface area (Å²) in [5.74, 6) is 0.283. The number of carbonyl (C=O) groups excluding carboxylic acids is 2. The lowest BCUT2D eigenvalue weighted by Crippen LogP contribution is -2.23. The number of nitrogens with zero attached hydrogens (tertiary/aromatic N) is 1. The minimum Gasteiger partial charge on any atom is -0.497 e. The van der Waals surface area contributed by atoms with Crippen LogP contribution in [0.4, 0.5) is 5.69 Å². The number of hydrazone groups is 1. The molecular weight excluding hydrogens is 366 g/mol.